The van der Waals surface area contributed by atoms with Crippen molar-refractivity contribution < 1.29 is 27.4 Å². The molecule has 1 N–H and O–H groups in total. The second kappa shape index (κ2) is 11.4. The van der Waals surface area contributed by atoms with Crippen LogP contribution in [0, 0.1) is 0 Å². The quantitative estimate of drug-likeness (QED) is 0.565. The van der Waals surface area contributed by atoms with E-state index in [1.54, 1.807) is 13.2 Å². The van der Waals surface area contributed by atoms with Crippen molar-refractivity contribution in [2.45, 2.75) is 49.6 Å². The van der Waals surface area contributed by atoms with E-state index in [2.05, 4.69) is 5.32 Å². The number of carbonyl (C=O) groups is 1. The Morgan fingerprint density at radius 3 is 2.27 bits per heavy atom. The van der Waals surface area contributed by atoms with Gasteiger partial charge in [-0.15, -0.1) is 0 Å². The number of nitrogens with zero attached hydrogens (tertiary/aromatic N) is 1. The Kier molecular flexibility index (Phi) is 8.57. The maximum Gasteiger partial charge on any atom is 0.243 e. The molecule has 1 aliphatic rings. The normalized spacial score (nSPS) is 14.7. The Morgan fingerprint density at radius 2 is 1.61 bits per heavy atom. The highest BCUT2D eigenvalue weighted by molar-refractivity contribution is 7.89. The molecule has 0 saturated heterocycles. The SMILES string of the molecule is COc1ccccc1CNC(=O)CN(C1CCCCC1)S(=O)(=O)c1ccc(OC)c(OC)c1. The first-order valence-electron chi connectivity index (χ1n) is 11.0. The molecule has 0 bridgehead atoms. The smallest absolute Gasteiger partial charge is 0.243 e. The lowest BCUT2D eigenvalue weighted by Gasteiger charge is -2.33. The fourth-order valence-electron chi connectivity index (χ4n) is 4.13. The van der Waals surface area contributed by atoms with E-state index in [9.17, 15) is 13.2 Å². The Bertz CT molecular complexity index is 1050. The number of para-hydroxylation sites is 1. The van der Waals surface area contributed by atoms with Crippen molar-refractivity contribution in [3.05, 3.63) is 48.0 Å². The van der Waals surface area contributed by atoms with Gasteiger partial charge in [0, 0.05) is 24.2 Å². The maximum absolute atomic E-state index is 13.6. The van der Waals surface area contributed by atoms with Crippen LogP contribution in [0.1, 0.15) is 37.7 Å². The second-order valence-corrected chi connectivity index (χ2v) is 9.84. The predicted octanol–water partition coefficient (Wildman–Crippen LogP) is 3.35. The molecule has 1 aliphatic carbocycles. The first-order valence-corrected chi connectivity index (χ1v) is 12.5. The van der Waals surface area contributed by atoms with Gasteiger partial charge in [0.05, 0.1) is 32.8 Å². The number of carbonyl (C=O) groups excluding carboxylic acids is 1. The lowest BCUT2D eigenvalue weighted by molar-refractivity contribution is -0.121. The van der Waals surface area contributed by atoms with Gasteiger partial charge in [0.15, 0.2) is 11.5 Å². The lowest BCUT2D eigenvalue weighted by atomic mass is 9.95. The van der Waals surface area contributed by atoms with Crippen molar-refractivity contribution in [1.82, 2.24) is 9.62 Å². The van der Waals surface area contributed by atoms with Crippen LogP contribution in [0.3, 0.4) is 0 Å². The summed E-state index contributed by atoms with van der Waals surface area (Å²) < 4.78 is 44.5. The summed E-state index contributed by atoms with van der Waals surface area (Å²) in [6, 6.07) is 11.6. The van der Waals surface area contributed by atoms with Crippen molar-refractivity contribution in [3.63, 3.8) is 0 Å². The highest BCUT2D eigenvalue weighted by Crippen LogP contribution is 2.33. The van der Waals surface area contributed by atoms with E-state index in [1.165, 1.54) is 30.7 Å². The van der Waals surface area contributed by atoms with Crippen molar-refractivity contribution in [2.75, 3.05) is 27.9 Å². The summed E-state index contributed by atoms with van der Waals surface area (Å²) in [6.07, 6.45) is 4.40. The fraction of sp³-hybridized carbons (Fsp3) is 0.458. The number of methoxy groups -OCH3 is 3. The van der Waals surface area contributed by atoms with Crippen LogP contribution in [0.25, 0.3) is 0 Å². The van der Waals surface area contributed by atoms with Crippen LogP contribution in [0.15, 0.2) is 47.4 Å². The number of ether oxygens (including phenoxy) is 3. The van der Waals surface area contributed by atoms with Gasteiger partial charge in [-0.1, -0.05) is 37.5 Å². The van der Waals surface area contributed by atoms with Crippen LogP contribution in [0.2, 0.25) is 0 Å². The van der Waals surface area contributed by atoms with Crippen LogP contribution in [-0.2, 0) is 21.4 Å². The van der Waals surface area contributed by atoms with Gasteiger partial charge < -0.3 is 19.5 Å². The molecule has 0 atom stereocenters. The summed E-state index contributed by atoms with van der Waals surface area (Å²) in [4.78, 5) is 12.9. The molecule has 0 radical (unpaired) electrons. The average molecular weight is 477 g/mol. The molecule has 2 aromatic rings. The largest absolute Gasteiger partial charge is 0.496 e. The zero-order valence-corrected chi connectivity index (χ0v) is 20.2. The van der Waals surface area contributed by atoms with Crippen molar-refractivity contribution >= 4 is 15.9 Å². The summed E-state index contributed by atoms with van der Waals surface area (Å²) in [5.41, 5.74) is 0.820. The number of benzene rings is 2. The number of amides is 1. The van der Waals surface area contributed by atoms with E-state index in [0.717, 1.165) is 37.7 Å². The molecule has 0 unspecified atom stereocenters. The third-order valence-corrected chi connectivity index (χ3v) is 7.81. The first kappa shape index (κ1) is 24.9. The van der Waals surface area contributed by atoms with E-state index >= 15 is 0 Å². The zero-order valence-electron chi connectivity index (χ0n) is 19.4. The molecule has 9 heteroatoms. The summed E-state index contributed by atoms with van der Waals surface area (Å²) in [6.45, 7) is -0.00570. The maximum atomic E-state index is 13.6. The predicted molar refractivity (Wildman–Crippen MR) is 125 cm³/mol. The van der Waals surface area contributed by atoms with Crippen molar-refractivity contribution in [1.29, 1.82) is 0 Å². The monoisotopic (exact) mass is 476 g/mol. The Hall–Kier alpha value is -2.78. The Labute approximate surface area is 195 Å². The molecule has 180 valence electrons. The molecule has 0 heterocycles. The van der Waals surface area contributed by atoms with Gasteiger partial charge in [-0.25, -0.2) is 8.42 Å². The molecule has 0 aliphatic heterocycles. The molecule has 0 spiro atoms. The van der Waals surface area contributed by atoms with Crippen LogP contribution in [-0.4, -0.2) is 52.5 Å². The van der Waals surface area contributed by atoms with Gasteiger partial charge >= 0.3 is 0 Å². The Balaban J connectivity index is 1.83. The third-order valence-electron chi connectivity index (χ3n) is 5.91. The number of hydrogen-bond acceptors (Lipinski definition) is 6. The summed E-state index contributed by atoms with van der Waals surface area (Å²) >= 11 is 0. The van der Waals surface area contributed by atoms with E-state index in [0.29, 0.717) is 17.2 Å². The second-order valence-electron chi connectivity index (χ2n) is 7.95. The zero-order chi connectivity index (χ0) is 23.8. The van der Waals surface area contributed by atoms with Crippen LogP contribution >= 0.6 is 0 Å². The highest BCUT2D eigenvalue weighted by Gasteiger charge is 2.34. The van der Waals surface area contributed by atoms with Gasteiger partial charge in [-0.05, 0) is 31.0 Å². The summed E-state index contributed by atoms with van der Waals surface area (Å²) in [5.74, 6) is 1.06. The minimum absolute atomic E-state index is 0.0725. The number of hydrogen-bond donors (Lipinski definition) is 1. The highest BCUT2D eigenvalue weighted by atomic mass is 32.2. The van der Waals surface area contributed by atoms with E-state index in [4.69, 9.17) is 14.2 Å². The molecular weight excluding hydrogens is 444 g/mol. The van der Waals surface area contributed by atoms with Crippen LogP contribution in [0.4, 0.5) is 0 Å². The summed E-state index contributed by atoms with van der Waals surface area (Å²) in [7, 11) is 0.583. The minimum Gasteiger partial charge on any atom is -0.496 e. The molecule has 33 heavy (non-hydrogen) atoms. The third kappa shape index (κ3) is 5.97. The molecule has 1 fully saturated rings. The Morgan fingerprint density at radius 1 is 0.939 bits per heavy atom. The number of sulfonamides is 1. The van der Waals surface area contributed by atoms with E-state index < -0.39 is 10.0 Å². The van der Waals surface area contributed by atoms with Gasteiger partial charge in [0.1, 0.15) is 5.75 Å². The molecule has 1 saturated carbocycles. The minimum atomic E-state index is -3.94. The molecule has 8 nitrogen and oxygen atoms in total. The summed E-state index contributed by atoms with van der Waals surface area (Å²) in [5, 5.41) is 2.84. The fourth-order valence-corrected chi connectivity index (χ4v) is 5.79. The van der Waals surface area contributed by atoms with E-state index in [1.807, 2.05) is 24.3 Å². The first-order chi connectivity index (χ1) is 15.9. The topological polar surface area (TPSA) is 94.2 Å². The number of nitrogens with one attached hydrogen (secondary N) is 1. The molecule has 2 aromatic carbocycles. The van der Waals surface area contributed by atoms with Crippen LogP contribution in [0.5, 0.6) is 17.2 Å². The standard InChI is InChI=1S/C24H32N2O6S/c1-30-21-12-8-7-9-18(21)16-25-24(27)17-26(19-10-5-4-6-11-19)33(28,29)20-13-14-22(31-2)23(15-20)32-3/h7-9,12-15,19H,4-6,10-11,16-17H2,1-3H3,(H,25,27). The van der Waals surface area contributed by atoms with Crippen molar-refractivity contribution in [2.24, 2.45) is 0 Å². The molecule has 0 aromatic heterocycles. The molecule has 3 rings (SSSR count). The average Bonchev–Trinajstić information content (AvgIpc) is 2.86. The van der Waals surface area contributed by atoms with Gasteiger partial charge in [0.2, 0.25) is 15.9 Å². The lowest BCUT2D eigenvalue weighted by Crippen LogP contribution is -2.46. The van der Waals surface area contributed by atoms with Gasteiger partial charge in [-0.3, -0.25) is 4.79 Å². The van der Waals surface area contributed by atoms with Gasteiger partial charge in [-0.2, -0.15) is 4.31 Å². The molecular formula is C24H32N2O6S. The molecule has 1 amide bonds. The van der Waals surface area contributed by atoms with E-state index in [-0.39, 0.29) is 29.9 Å². The van der Waals surface area contributed by atoms with Crippen molar-refractivity contribution in [3.8, 4) is 17.2 Å². The number of rotatable bonds is 10. The van der Waals surface area contributed by atoms with Gasteiger partial charge in [0.25, 0.3) is 0 Å². The van der Waals surface area contributed by atoms with Crippen LogP contribution < -0.4 is 19.5 Å².